The summed E-state index contributed by atoms with van der Waals surface area (Å²) in [5, 5.41) is 5.87. The lowest BCUT2D eigenvalue weighted by atomic mass is 9.87. The fourth-order valence-electron chi connectivity index (χ4n) is 5.24. The highest BCUT2D eigenvalue weighted by Gasteiger charge is 2.43. The zero-order valence-corrected chi connectivity index (χ0v) is 25.6. The van der Waals surface area contributed by atoms with Crippen molar-refractivity contribution in [2.75, 3.05) is 20.2 Å². The standard InChI is InChI=1S/C32H44N4O6/c1-9-17-41-23-18-26(29(38)33-25-16-12-14-22-13-10-11-15-24(22)25)36(19-23)30(39)27(20(2)3)34-28(37)21(4)35(8)31(40)42-32(5,6)7/h1,10-11,13,15,21,23,25-27H,2,12,14,16-19H2,3-8H3,(H,33,38)(H,34,37)/t21-,23-,25?,26-,27-/m0/s1. The first-order chi connectivity index (χ1) is 19.7. The van der Waals surface area contributed by atoms with Gasteiger partial charge in [-0.05, 0) is 70.6 Å². The van der Waals surface area contributed by atoms with Gasteiger partial charge in [-0.15, -0.1) is 6.42 Å². The lowest BCUT2D eigenvalue weighted by Crippen LogP contribution is -2.57. The SMILES string of the molecule is C#CCO[C@H]1C[C@@H](C(=O)NC2CCCc3ccccc32)N(C(=O)[C@@H](NC(=O)[C@H](C)N(C)C(=O)OC(C)(C)C)C(=C)C)C1. The minimum absolute atomic E-state index is 0.0478. The van der Waals surface area contributed by atoms with Gasteiger partial charge in [0.1, 0.15) is 30.3 Å². The summed E-state index contributed by atoms with van der Waals surface area (Å²) in [6.07, 6.45) is 7.24. The van der Waals surface area contributed by atoms with Crippen LogP contribution in [0.4, 0.5) is 4.79 Å². The van der Waals surface area contributed by atoms with Crippen LogP contribution in [0, 0.1) is 12.3 Å². The molecule has 0 radical (unpaired) electrons. The van der Waals surface area contributed by atoms with Crippen molar-refractivity contribution in [2.45, 2.75) is 96.2 Å². The Morgan fingerprint density at radius 3 is 2.57 bits per heavy atom. The maximum absolute atomic E-state index is 13.9. The van der Waals surface area contributed by atoms with Gasteiger partial charge in [0.25, 0.3) is 0 Å². The quantitative estimate of drug-likeness (QED) is 0.343. The van der Waals surface area contributed by atoms with Crippen LogP contribution in [0.15, 0.2) is 36.4 Å². The topological polar surface area (TPSA) is 117 Å². The average Bonchev–Trinajstić information content (AvgIpc) is 3.37. The second-order valence-electron chi connectivity index (χ2n) is 12.1. The fraction of sp³-hybridized carbons (Fsp3) is 0.562. The van der Waals surface area contributed by atoms with Crippen molar-refractivity contribution in [1.82, 2.24) is 20.4 Å². The molecule has 3 rings (SSSR count). The van der Waals surface area contributed by atoms with Gasteiger partial charge in [0, 0.05) is 20.0 Å². The molecule has 2 N–H and O–H groups in total. The molecule has 42 heavy (non-hydrogen) atoms. The zero-order valence-electron chi connectivity index (χ0n) is 25.6. The van der Waals surface area contributed by atoms with Gasteiger partial charge in [0.15, 0.2) is 0 Å². The number of nitrogens with zero attached hydrogens (tertiary/aromatic N) is 2. The van der Waals surface area contributed by atoms with Crippen LogP contribution in [0.2, 0.25) is 0 Å². The smallest absolute Gasteiger partial charge is 0.410 e. The van der Waals surface area contributed by atoms with Crippen molar-refractivity contribution in [3.63, 3.8) is 0 Å². The Bertz CT molecular complexity index is 1230. The number of rotatable bonds is 9. The van der Waals surface area contributed by atoms with E-state index in [0.717, 1.165) is 24.8 Å². The number of aryl methyl sites for hydroxylation is 1. The molecule has 0 spiro atoms. The first-order valence-corrected chi connectivity index (χ1v) is 14.4. The lowest BCUT2D eigenvalue weighted by Gasteiger charge is -2.32. The Morgan fingerprint density at radius 1 is 1.24 bits per heavy atom. The third-order valence-electron chi connectivity index (χ3n) is 7.60. The Morgan fingerprint density at radius 2 is 1.93 bits per heavy atom. The summed E-state index contributed by atoms with van der Waals surface area (Å²) in [5.74, 6) is 1.09. The number of carbonyl (C=O) groups is 4. The Balaban J connectivity index is 1.78. The number of likely N-dealkylation sites (N-methyl/N-ethyl adjacent to an activating group) is 1. The van der Waals surface area contributed by atoms with Crippen LogP contribution in [0.25, 0.3) is 0 Å². The van der Waals surface area contributed by atoms with Crippen LogP contribution in [0.3, 0.4) is 0 Å². The molecular weight excluding hydrogens is 536 g/mol. The third-order valence-corrected chi connectivity index (χ3v) is 7.60. The van der Waals surface area contributed by atoms with E-state index in [-0.39, 0.29) is 31.5 Å². The molecule has 2 aliphatic rings. The maximum atomic E-state index is 13.9. The Hall–Kier alpha value is -3.84. The summed E-state index contributed by atoms with van der Waals surface area (Å²) in [4.78, 5) is 55.9. The summed E-state index contributed by atoms with van der Waals surface area (Å²) in [5.41, 5.74) is 1.94. The molecule has 0 bridgehead atoms. The van der Waals surface area contributed by atoms with E-state index >= 15 is 0 Å². The molecule has 1 saturated heterocycles. The lowest BCUT2D eigenvalue weighted by molar-refractivity contribution is -0.141. The van der Waals surface area contributed by atoms with Gasteiger partial charge >= 0.3 is 6.09 Å². The van der Waals surface area contributed by atoms with Crippen molar-refractivity contribution >= 4 is 23.8 Å². The van der Waals surface area contributed by atoms with Crippen LogP contribution in [-0.4, -0.2) is 83.6 Å². The number of terminal acetylenes is 1. The number of hydrogen-bond acceptors (Lipinski definition) is 6. The number of nitrogens with one attached hydrogen (secondary N) is 2. The van der Waals surface area contributed by atoms with Crippen molar-refractivity contribution in [1.29, 1.82) is 0 Å². The molecular formula is C32H44N4O6. The van der Waals surface area contributed by atoms with Crippen LogP contribution in [0.1, 0.15) is 71.0 Å². The number of fused-ring (bicyclic) bond motifs is 1. The summed E-state index contributed by atoms with van der Waals surface area (Å²) < 4.78 is 11.1. The molecule has 4 amide bonds. The number of amides is 4. The monoisotopic (exact) mass is 580 g/mol. The predicted octanol–water partition coefficient (Wildman–Crippen LogP) is 3.12. The van der Waals surface area contributed by atoms with Gasteiger partial charge in [-0.3, -0.25) is 19.3 Å². The van der Waals surface area contributed by atoms with Gasteiger partial charge in [-0.2, -0.15) is 0 Å². The Kier molecular flexibility index (Phi) is 10.8. The van der Waals surface area contributed by atoms with Gasteiger partial charge in [0.2, 0.25) is 17.7 Å². The highest BCUT2D eigenvalue weighted by molar-refractivity contribution is 5.95. The molecule has 5 atom stereocenters. The molecule has 228 valence electrons. The zero-order chi connectivity index (χ0) is 31.2. The molecule has 10 nitrogen and oxygen atoms in total. The second-order valence-corrected chi connectivity index (χ2v) is 12.1. The van der Waals surface area contributed by atoms with Gasteiger partial charge < -0.3 is 25.0 Å². The van der Waals surface area contributed by atoms with Gasteiger partial charge in [0.05, 0.1) is 12.1 Å². The molecule has 1 aliphatic heterocycles. The van der Waals surface area contributed by atoms with Gasteiger partial charge in [-0.25, -0.2) is 4.79 Å². The summed E-state index contributed by atoms with van der Waals surface area (Å²) in [6, 6.07) is 5.00. The summed E-state index contributed by atoms with van der Waals surface area (Å²) in [7, 11) is 1.45. The molecule has 1 aromatic carbocycles. The molecule has 1 fully saturated rings. The number of carbonyl (C=O) groups excluding carboxylic acids is 4. The first kappa shape index (κ1) is 32.7. The van der Waals surface area contributed by atoms with Crippen LogP contribution >= 0.6 is 0 Å². The van der Waals surface area contributed by atoms with Crippen molar-refractivity contribution in [2.24, 2.45) is 0 Å². The number of benzene rings is 1. The summed E-state index contributed by atoms with van der Waals surface area (Å²) in [6.45, 7) is 12.5. The Labute approximate surface area is 249 Å². The van der Waals surface area contributed by atoms with E-state index in [0.29, 0.717) is 5.57 Å². The minimum atomic E-state index is -1.12. The summed E-state index contributed by atoms with van der Waals surface area (Å²) >= 11 is 0. The predicted molar refractivity (Wildman–Crippen MR) is 159 cm³/mol. The average molecular weight is 581 g/mol. The van der Waals surface area contributed by atoms with E-state index in [9.17, 15) is 19.2 Å². The van der Waals surface area contributed by atoms with E-state index in [2.05, 4.69) is 29.2 Å². The van der Waals surface area contributed by atoms with Crippen molar-refractivity contribution < 1.29 is 28.7 Å². The highest BCUT2D eigenvalue weighted by atomic mass is 16.6. The fourth-order valence-corrected chi connectivity index (χ4v) is 5.24. The molecule has 1 aromatic rings. The molecule has 1 heterocycles. The van der Waals surface area contributed by atoms with Crippen LogP contribution in [0.5, 0.6) is 0 Å². The van der Waals surface area contributed by atoms with E-state index in [4.69, 9.17) is 15.9 Å². The molecule has 1 aliphatic carbocycles. The van der Waals surface area contributed by atoms with E-state index < -0.39 is 47.7 Å². The van der Waals surface area contributed by atoms with Crippen molar-refractivity contribution in [3.05, 3.63) is 47.5 Å². The second kappa shape index (κ2) is 13.9. The number of likely N-dealkylation sites (tertiary alicyclic amines) is 1. The normalized spacial score (nSPS) is 21.3. The molecule has 1 unspecified atom stereocenters. The third kappa shape index (κ3) is 8.13. The first-order valence-electron chi connectivity index (χ1n) is 14.4. The molecule has 0 saturated carbocycles. The van der Waals surface area contributed by atoms with Crippen LogP contribution in [-0.2, 0) is 30.3 Å². The molecule has 10 heteroatoms. The number of ether oxygens (including phenoxy) is 2. The number of hydrogen-bond donors (Lipinski definition) is 2. The van der Waals surface area contributed by atoms with Crippen molar-refractivity contribution in [3.8, 4) is 12.3 Å². The minimum Gasteiger partial charge on any atom is -0.444 e. The maximum Gasteiger partial charge on any atom is 0.410 e. The molecule has 0 aromatic heterocycles. The highest BCUT2D eigenvalue weighted by Crippen LogP contribution is 2.31. The van der Waals surface area contributed by atoms with Gasteiger partial charge in [-0.1, -0.05) is 36.8 Å². The van der Waals surface area contributed by atoms with E-state index in [1.807, 2.05) is 18.2 Å². The van der Waals surface area contributed by atoms with Crippen LogP contribution < -0.4 is 10.6 Å². The van der Waals surface area contributed by atoms with E-state index in [1.165, 1.54) is 29.3 Å². The largest absolute Gasteiger partial charge is 0.444 e. The van der Waals surface area contributed by atoms with E-state index in [1.54, 1.807) is 27.7 Å².